The van der Waals surface area contributed by atoms with E-state index in [9.17, 15) is 9.59 Å². The van der Waals surface area contributed by atoms with Gasteiger partial charge in [-0.1, -0.05) is 32.0 Å². The molecule has 0 heterocycles. The topological polar surface area (TPSA) is 49.9 Å². The Labute approximate surface area is 230 Å². The van der Waals surface area contributed by atoms with Gasteiger partial charge in [-0.05, 0) is 119 Å². The van der Waals surface area contributed by atoms with Crippen LogP contribution in [-0.2, 0) is 9.53 Å². The van der Waals surface area contributed by atoms with Crippen molar-refractivity contribution < 1.29 is 14.3 Å². The summed E-state index contributed by atoms with van der Waals surface area (Å²) in [5.74, 6) is 3.13. The highest BCUT2D eigenvalue weighted by Gasteiger charge is 2.63. The summed E-state index contributed by atoms with van der Waals surface area (Å²) in [6, 6.07) is 10.1. The van der Waals surface area contributed by atoms with Crippen molar-refractivity contribution in [3.05, 3.63) is 35.9 Å². The number of amides is 1. The standard InChI is InChI=1S/C33H50N2O3/c1-21(34(5)6)25-15-16-26-24-13-14-28-30(38-22(2)36)29(35(7)31(37)23-11-9-8-10-12-23)18-20-33(28,4)27(24)17-19-32(25,26)3/h8-12,21,24-30H,13-20H2,1-7H3/t21-,24-,25+,26-,27+,28+,29+,30+,32-,33+/m1/s1. The number of likely N-dealkylation sites (N-methyl/N-ethyl adjacent to an activating group) is 1. The van der Waals surface area contributed by atoms with Crippen LogP contribution in [0.4, 0.5) is 0 Å². The molecule has 210 valence electrons. The summed E-state index contributed by atoms with van der Waals surface area (Å²) in [5, 5.41) is 0. The molecule has 0 aliphatic heterocycles. The first-order chi connectivity index (χ1) is 18.0. The van der Waals surface area contributed by atoms with E-state index in [0.717, 1.165) is 37.0 Å². The lowest BCUT2D eigenvalue weighted by Crippen LogP contribution is -2.62. The molecule has 1 aromatic carbocycles. The minimum Gasteiger partial charge on any atom is -0.460 e. The number of hydrogen-bond acceptors (Lipinski definition) is 4. The first kappa shape index (κ1) is 27.7. The second-order valence-electron chi connectivity index (χ2n) is 14.0. The van der Waals surface area contributed by atoms with E-state index >= 15 is 0 Å². The predicted octanol–water partition coefficient (Wildman–Crippen LogP) is 6.28. The van der Waals surface area contributed by atoms with Crippen LogP contribution >= 0.6 is 0 Å². The highest BCUT2D eigenvalue weighted by molar-refractivity contribution is 5.94. The average molecular weight is 523 g/mol. The van der Waals surface area contributed by atoms with Crippen LogP contribution in [0.2, 0.25) is 0 Å². The normalized spacial score (nSPS) is 41.0. The number of esters is 1. The van der Waals surface area contributed by atoms with E-state index in [0.29, 0.717) is 28.9 Å². The lowest BCUT2D eigenvalue weighted by Gasteiger charge is -2.63. The van der Waals surface area contributed by atoms with Gasteiger partial charge in [0.2, 0.25) is 0 Å². The molecule has 0 aromatic heterocycles. The molecule has 38 heavy (non-hydrogen) atoms. The van der Waals surface area contributed by atoms with Gasteiger partial charge < -0.3 is 14.5 Å². The molecule has 4 fully saturated rings. The molecule has 1 aromatic rings. The largest absolute Gasteiger partial charge is 0.460 e. The maximum Gasteiger partial charge on any atom is 0.302 e. The Kier molecular flexibility index (Phi) is 7.47. The Morgan fingerprint density at radius 3 is 2.16 bits per heavy atom. The molecular formula is C33H50N2O3. The van der Waals surface area contributed by atoms with Crippen molar-refractivity contribution >= 4 is 11.9 Å². The van der Waals surface area contributed by atoms with Crippen LogP contribution in [0, 0.1) is 40.4 Å². The third-order valence-electron chi connectivity index (χ3n) is 12.3. The van der Waals surface area contributed by atoms with E-state index in [1.54, 1.807) is 0 Å². The smallest absolute Gasteiger partial charge is 0.302 e. The minimum atomic E-state index is -0.233. The van der Waals surface area contributed by atoms with Gasteiger partial charge in [0, 0.05) is 31.5 Å². The van der Waals surface area contributed by atoms with Crippen LogP contribution in [0.25, 0.3) is 0 Å². The summed E-state index contributed by atoms with van der Waals surface area (Å²) < 4.78 is 6.17. The van der Waals surface area contributed by atoms with E-state index in [1.807, 2.05) is 42.3 Å². The third kappa shape index (κ3) is 4.41. The molecule has 0 radical (unpaired) electrons. The monoisotopic (exact) mass is 522 g/mol. The van der Waals surface area contributed by atoms with Crippen molar-refractivity contribution in [2.45, 2.75) is 97.2 Å². The van der Waals surface area contributed by atoms with Crippen LogP contribution in [0.1, 0.15) is 89.4 Å². The summed E-state index contributed by atoms with van der Waals surface area (Å²) in [5.41, 5.74) is 1.29. The van der Waals surface area contributed by atoms with Gasteiger partial charge in [0.1, 0.15) is 6.10 Å². The summed E-state index contributed by atoms with van der Waals surface area (Å²) in [6.45, 7) is 9.09. The van der Waals surface area contributed by atoms with Gasteiger partial charge in [-0.2, -0.15) is 0 Å². The maximum absolute atomic E-state index is 13.4. The number of nitrogens with zero attached hydrogens (tertiary/aromatic N) is 2. The Morgan fingerprint density at radius 1 is 0.868 bits per heavy atom. The van der Waals surface area contributed by atoms with Crippen molar-refractivity contribution in [1.82, 2.24) is 9.80 Å². The number of ether oxygens (including phenoxy) is 1. The van der Waals surface area contributed by atoms with E-state index < -0.39 is 0 Å². The Hall–Kier alpha value is -1.88. The van der Waals surface area contributed by atoms with E-state index in [-0.39, 0.29) is 29.4 Å². The number of benzene rings is 1. The van der Waals surface area contributed by atoms with Gasteiger partial charge in [-0.15, -0.1) is 0 Å². The molecule has 10 atom stereocenters. The number of carbonyl (C=O) groups is 2. The van der Waals surface area contributed by atoms with Crippen LogP contribution < -0.4 is 0 Å². The second kappa shape index (κ2) is 10.3. The molecule has 0 bridgehead atoms. The van der Waals surface area contributed by atoms with Gasteiger partial charge >= 0.3 is 5.97 Å². The SMILES string of the molecule is CC(=O)O[C@@H]1[C@@H](N(C)C(=O)c2ccccc2)CC[C@@]2(C)[C@H]3CC[C@@]4(C)[C@H](CC[C@H]4[C@@H](C)N(C)C)[C@H]3CC[C@@H]12. The molecule has 4 aliphatic rings. The molecule has 0 spiro atoms. The summed E-state index contributed by atoms with van der Waals surface area (Å²) in [6.07, 6.45) is 9.42. The van der Waals surface area contributed by atoms with Gasteiger partial charge in [0.25, 0.3) is 5.91 Å². The quantitative estimate of drug-likeness (QED) is 0.427. The molecule has 0 unspecified atom stereocenters. The van der Waals surface area contributed by atoms with Gasteiger partial charge in [0.05, 0.1) is 6.04 Å². The summed E-state index contributed by atoms with van der Waals surface area (Å²) >= 11 is 0. The van der Waals surface area contributed by atoms with Crippen molar-refractivity contribution in [3.8, 4) is 0 Å². The maximum atomic E-state index is 13.4. The van der Waals surface area contributed by atoms with Crippen molar-refractivity contribution in [3.63, 3.8) is 0 Å². The fourth-order valence-corrected chi connectivity index (χ4v) is 10.2. The number of hydrogen-bond donors (Lipinski definition) is 0. The zero-order valence-electron chi connectivity index (χ0n) is 24.8. The molecule has 0 saturated heterocycles. The molecule has 4 aliphatic carbocycles. The lowest BCUT2D eigenvalue weighted by atomic mass is 9.44. The molecule has 1 amide bonds. The lowest BCUT2D eigenvalue weighted by molar-refractivity contribution is -0.185. The van der Waals surface area contributed by atoms with Crippen LogP contribution in [0.15, 0.2) is 30.3 Å². The zero-order chi connectivity index (χ0) is 27.4. The first-order valence-corrected chi connectivity index (χ1v) is 15.1. The van der Waals surface area contributed by atoms with Gasteiger partial charge in [0.15, 0.2) is 0 Å². The first-order valence-electron chi connectivity index (χ1n) is 15.1. The van der Waals surface area contributed by atoms with Crippen LogP contribution in [0.3, 0.4) is 0 Å². The average Bonchev–Trinajstić information content (AvgIpc) is 3.24. The summed E-state index contributed by atoms with van der Waals surface area (Å²) in [4.78, 5) is 30.1. The van der Waals surface area contributed by atoms with Gasteiger partial charge in [-0.3, -0.25) is 9.59 Å². The van der Waals surface area contributed by atoms with Gasteiger partial charge in [-0.25, -0.2) is 0 Å². The minimum absolute atomic E-state index is 0.0190. The third-order valence-corrected chi connectivity index (χ3v) is 12.3. The van der Waals surface area contributed by atoms with Crippen molar-refractivity contribution in [2.75, 3.05) is 21.1 Å². The summed E-state index contributed by atoms with van der Waals surface area (Å²) in [7, 11) is 6.39. The predicted molar refractivity (Wildman–Crippen MR) is 152 cm³/mol. The molecule has 5 heteroatoms. The zero-order valence-corrected chi connectivity index (χ0v) is 24.8. The van der Waals surface area contributed by atoms with E-state index in [1.165, 1.54) is 39.0 Å². The van der Waals surface area contributed by atoms with E-state index in [2.05, 4.69) is 39.8 Å². The van der Waals surface area contributed by atoms with Crippen LogP contribution in [0.5, 0.6) is 0 Å². The fraction of sp³-hybridized carbons (Fsp3) is 0.758. The molecule has 5 rings (SSSR count). The Balaban J connectivity index is 1.40. The molecular weight excluding hydrogens is 472 g/mol. The molecule has 5 nitrogen and oxygen atoms in total. The fourth-order valence-electron chi connectivity index (χ4n) is 10.2. The molecule has 0 N–H and O–H groups in total. The molecule has 4 saturated carbocycles. The Bertz CT molecular complexity index is 1030. The van der Waals surface area contributed by atoms with Crippen molar-refractivity contribution in [2.24, 2.45) is 40.4 Å². The Morgan fingerprint density at radius 2 is 1.50 bits per heavy atom. The van der Waals surface area contributed by atoms with Crippen LogP contribution in [-0.4, -0.2) is 61.0 Å². The highest BCUT2D eigenvalue weighted by Crippen LogP contribution is 2.68. The highest BCUT2D eigenvalue weighted by atomic mass is 16.5. The van der Waals surface area contributed by atoms with E-state index in [4.69, 9.17) is 4.74 Å². The number of carbonyl (C=O) groups excluding carboxylic acids is 2. The number of rotatable bonds is 5. The second-order valence-corrected chi connectivity index (χ2v) is 14.0. The number of fused-ring (bicyclic) bond motifs is 5. The van der Waals surface area contributed by atoms with Crippen molar-refractivity contribution in [1.29, 1.82) is 0 Å².